The Hall–Kier alpha value is -2.29. The Morgan fingerprint density at radius 2 is 1.76 bits per heavy atom. The molecule has 0 saturated heterocycles. The number of carbonyl (C=O) groups excluding carboxylic acids is 1. The molecule has 0 radical (unpaired) electrons. The zero-order chi connectivity index (χ0) is 15.5. The molecule has 3 nitrogen and oxygen atoms in total. The van der Waals surface area contributed by atoms with E-state index in [4.69, 9.17) is 5.73 Å². The molecule has 2 aromatic carbocycles. The van der Waals surface area contributed by atoms with Crippen LogP contribution in [0.5, 0.6) is 0 Å². The van der Waals surface area contributed by atoms with Crippen molar-refractivity contribution in [3.05, 3.63) is 65.2 Å². The van der Waals surface area contributed by atoms with E-state index in [1.807, 2.05) is 0 Å². The minimum absolute atomic E-state index is 0.109. The smallest absolute Gasteiger partial charge is 0.251 e. The Morgan fingerprint density at radius 3 is 2.33 bits per heavy atom. The van der Waals surface area contributed by atoms with Gasteiger partial charge in [-0.3, -0.25) is 4.79 Å². The van der Waals surface area contributed by atoms with Gasteiger partial charge >= 0.3 is 0 Å². The minimum Gasteiger partial charge on any atom is -0.399 e. The normalized spacial score (nSPS) is 11.2. The maximum Gasteiger partial charge on any atom is 0.251 e. The summed E-state index contributed by atoms with van der Waals surface area (Å²) in [5, 5.41) is 2.91. The van der Waals surface area contributed by atoms with Crippen LogP contribution in [0.3, 0.4) is 0 Å². The fourth-order valence-electron chi connectivity index (χ4n) is 2.09. The van der Waals surface area contributed by atoms with Crippen LogP contribution < -0.4 is 11.1 Å². The average molecular weight is 282 g/mol. The predicted octanol–water partition coefficient (Wildman–Crippen LogP) is 3.50. The number of nitrogens with one attached hydrogen (secondary N) is 1. The summed E-state index contributed by atoms with van der Waals surface area (Å²) in [6.45, 7) is 7.06. The standard InChI is InChI=1S/C18H22N2O/c1-18(2,3)15-9-7-13(8-10-15)12-20-17(21)14-5-4-6-16(19)11-14/h4-11H,12,19H2,1-3H3,(H,20,21). The lowest BCUT2D eigenvalue weighted by molar-refractivity contribution is 0.0951. The quantitative estimate of drug-likeness (QED) is 0.847. The highest BCUT2D eigenvalue weighted by atomic mass is 16.1. The van der Waals surface area contributed by atoms with Crippen LogP contribution in [0.25, 0.3) is 0 Å². The molecule has 3 N–H and O–H groups in total. The van der Waals surface area contributed by atoms with Gasteiger partial charge in [0.25, 0.3) is 5.91 Å². The first-order valence-electron chi connectivity index (χ1n) is 7.09. The summed E-state index contributed by atoms with van der Waals surface area (Å²) in [6, 6.07) is 15.3. The number of nitrogen functional groups attached to an aromatic ring is 1. The molecule has 0 aromatic heterocycles. The maximum absolute atomic E-state index is 12.0. The monoisotopic (exact) mass is 282 g/mol. The van der Waals surface area contributed by atoms with E-state index in [0.29, 0.717) is 17.8 Å². The van der Waals surface area contributed by atoms with Crippen molar-refractivity contribution in [2.45, 2.75) is 32.7 Å². The molecule has 0 saturated carbocycles. The summed E-state index contributed by atoms with van der Waals surface area (Å²) in [7, 11) is 0. The second-order valence-electron chi connectivity index (χ2n) is 6.26. The van der Waals surface area contributed by atoms with Crippen LogP contribution in [-0.4, -0.2) is 5.91 Å². The third-order valence-electron chi connectivity index (χ3n) is 3.42. The van der Waals surface area contributed by atoms with Crippen molar-refractivity contribution in [1.82, 2.24) is 5.32 Å². The van der Waals surface area contributed by atoms with Gasteiger partial charge in [-0.1, -0.05) is 51.1 Å². The molecule has 0 spiro atoms. The molecule has 2 aromatic rings. The number of hydrogen-bond donors (Lipinski definition) is 2. The van der Waals surface area contributed by atoms with Crippen molar-refractivity contribution in [1.29, 1.82) is 0 Å². The lowest BCUT2D eigenvalue weighted by Gasteiger charge is -2.19. The number of amides is 1. The zero-order valence-electron chi connectivity index (χ0n) is 12.8. The van der Waals surface area contributed by atoms with E-state index in [2.05, 4.69) is 50.4 Å². The summed E-state index contributed by atoms with van der Waals surface area (Å²) in [5.41, 5.74) is 9.37. The summed E-state index contributed by atoms with van der Waals surface area (Å²) in [6.07, 6.45) is 0. The van der Waals surface area contributed by atoms with Crippen molar-refractivity contribution >= 4 is 11.6 Å². The summed E-state index contributed by atoms with van der Waals surface area (Å²) >= 11 is 0. The third kappa shape index (κ3) is 4.09. The number of carbonyl (C=O) groups is 1. The van der Waals surface area contributed by atoms with Gasteiger partial charge in [-0.05, 0) is 34.7 Å². The molecule has 21 heavy (non-hydrogen) atoms. The largest absolute Gasteiger partial charge is 0.399 e. The Morgan fingerprint density at radius 1 is 1.10 bits per heavy atom. The van der Waals surface area contributed by atoms with Crippen molar-refractivity contribution < 1.29 is 4.79 Å². The van der Waals surface area contributed by atoms with E-state index < -0.39 is 0 Å². The first-order chi connectivity index (χ1) is 9.86. The Balaban J connectivity index is 1.98. The molecule has 0 unspecified atom stereocenters. The number of hydrogen-bond acceptors (Lipinski definition) is 2. The van der Waals surface area contributed by atoms with Gasteiger partial charge in [-0.2, -0.15) is 0 Å². The first-order valence-corrected chi connectivity index (χ1v) is 7.09. The van der Waals surface area contributed by atoms with Crippen LogP contribution in [0.1, 0.15) is 42.3 Å². The SMILES string of the molecule is CC(C)(C)c1ccc(CNC(=O)c2cccc(N)c2)cc1. The molecule has 2 rings (SSSR count). The van der Waals surface area contributed by atoms with Crippen LogP contribution >= 0.6 is 0 Å². The molecule has 0 fully saturated rings. The highest BCUT2D eigenvalue weighted by Crippen LogP contribution is 2.22. The lowest BCUT2D eigenvalue weighted by atomic mass is 9.87. The molecular weight excluding hydrogens is 260 g/mol. The van der Waals surface area contributed by atoms with Crippen molar-refractivity contribution in [2.75, 3.05) is 5.73 Å². The fraction of sp³-hybridized carbons (Fsp3) is 0.278. The third-order valence-corrected chi connectivity index (χ3v) is 3.42. The molecule has 110 valence electrons. The topological polar surface area (TPSA) is 55.1 Å². The van der Waals surface area contributed by atoms with E-state index in [1.54, 1.807) is 24.3 Å². The van der Waals surface area contributed by atoms with E-state index in [9.17, 15) is 4.79 Å². The molecule has 0 bridgehead atoms. The molecular formula is C18H22N2O. The second kappa shape index (κ2) is 6.00. The van der Waals surface area contributed by atoms with E-state index in [1.165, 1.54) is 5.56 Å². The van der Waals surface area contributed by atoms with Gasteiger partial charge in [0.05, 0.1) is 0 Å². The minimum atomic E-state index is -0.109. The number of anilines is 1. The van der Waals surface area contributed by atoms with Crippen molar-refractivity contribution in [3.8, 4) is 0 Å². The summed E-state index contributed by atoms with van der Waals surface area (Å²) in [5.74, 6) is -0.109. The predicted molar refractivity (Wildman–Crippen MR) is 87.2 cm³/mol. The van der Waals surface area contributed by atoms with Gasteiger partial charge in [-0.25, -0.2) is 0 Å². The Bertz CT molecular complexity index is 624. The van der Waals surface area contributed by atoms with Gasteiger partial charge in [0.1, 0.15) is 0 Å². The van der Waals surface area contributed by atoms with Gasteiger partial charge in [0, 0.05) is 17.8 Å². The van der Waals surface area contributed by atoms with Gasteiger partial charge < -0.3 is 11.1 Å². The first kappa shape index (κ1) is 15.1. The van der Waals surface area contributed by atoms with Gasteiger partial charge in [0.15, 0.2) is 0 Å². The average Bonchev–Trinajstić information content (AvgIpc) is 2.44. The maximum atomic E-state index is 12.0. The number of benzene rings is 2. The Kier molecular flexibility index (Phi) is 4.32. The summed E-state index contributed by atoms with van der Waals surface area (Å²) in [4.78, 5) is 12.0. The van der Waals surface area contributed by atoms with Crippen LogP contribution in [0.2, 0.25) is 0 Å². The zero-order valence-corrected chi connectivity index (χ0v) is 12.8. The van der Waals surface area contributed by atoms with Crippen LogP contribution in [-0.2, 0) is 12.0 Å². The number of rotatable bonds is 3. The molecule has 0 atom stereocenters. The molecule has 0 aliphatic rings. The fourth-order valence-corrected chi connectivity index (χ4v) is 2.09. The molecule has 0 heterocycles. The van der Waals surface area contributed by atoms with Gasteiger partial charge in [0.2, 0.25) is 0 Å². The van der Waals surface area contributed by atoms with E-state index in [-0.39, 0.29) is 11.3 Å². The second-order valence-corrected chi connectivity index (χ2v) is 6.26. The molecule has 0 aliphatic carbocycles. The van der Waals surface area contributed by atoms with Crippen LogP contribution in [0.4, 0.5) is 5.69 Å². The number of nitrogens with two attached hydrogens (primary N) is 1. The Labute approximate surface area is 126 Å². The molecule has 0 aliphatic heterocycles. The summed E-state index contributed by atoms with van der Waals surface area (Å²) < 4.78 is 0. The van der Waals surface area contributed by atoms with Crippen LogP contribution in [0.15, 0.2) is 48.5 Å². The highest BCUT2D eigenvalue weighted by molar-refractivity contribution is 5.94. The van der Waals surface area contributed by atoms with E-state index >= 15 is 0 Å². The lowest BCUT2D eigenvalue weighted by Crippen LogP contribution is -2.23. The van der Waals surface area contributed by atoms with Gasteiger partial charge in [-0.15, -0.1) is 0 Å². The molecule has 1 amide bonds. The molecule has 3 heteroatoms. The van der Waals surface area contributed by atoms with Crippen molar-refractivity contribution in [3.63, 3.8) is 0 Å². The van der Waals surface area contributed by atoms with Crippen molar-refractivity contribution in [2.24, 2.45) is 0 Å². The highest BCUT2D eigenvalue weighted by Gasteiger charge is 2.13. The van der Waals surface area contributed by atoms with E-state index in [0.717, 1.165) is 5.56 Å². The van der Waals surface area contributed by atoms with Crippen LogP contribution in [0, 0.1) is 0 Å².